The van der Waals surface area contributed by atoms with Crippen LogP contribution in [-0.2, 0) is 0 Å². The smallest absolute Gasteiger partial charge is 0.0443 e. The molecule has 0 aromatic carbocycles. The summed E-state index contributed by atoms with van der Waals surface area (Å²) in [5.74, 6) is 7.31. The third-order valence-electron chi connectivity index (χ3n) is 9.06. The highest BCUT2D eigenvalue weighted by Crippen LogP contribution is 2.19. The Balaban J connectivity index is 3.55. The van der Waals surface area contributed by atoms with Crippen LogP contribution in [-0.4, -0.2) is 59.3 Å². The molecule has 0 heterocycles. The molecular weight excluding hydrogens is 563 g/mol. The van der Waals surface area contributed by atoms with E-state index in [9.17, 15) is 5.11 Å². The number of unbranched alkanes of at least 4 members (excludes halogenated alkanes) is 18. The number of aliphatic hydroxyl groups is 1. The third kappa shape index (κ3) is 35.3. The molecule has 4 heteroatoms. The van der Waals surface area contributed by atoms with Crippen molar-refractivity contribution in [3.05, 3.63) is 0 Å². The summed E-state index contributed by atoms with van der Waals surface area (Å²) in [6, 6.07) is 0. The number of nitrogens with zero attached hydrogens (tertiary/aromatic N) is 1. The standard InChI is InChI=1S/C39H81NOS2/c1-5-7-9-21-28-38(3)36-42-34-25-19-15-11-13-17-23-30-40(32-27-33-41)31-24-18-14-12-16-20-26-35-43-37-39(4)29-22-10-8-6-2/h38-39,41H,5-37H2,1-4H3. The topological polar surface area (TPSA) is 23.5 Å². The summed E-state index contributed by atoms with van der Waals surface area (Å²) in [5.41, 5.74) is 0. The zero-order valence-electron chi connectivity index (χ0n) is 30.2. The van der Waals surface area contributed by atoms with Gasteiger partial charge in [-0.15, -0.1) is 0 Å². The predicted octanol–water partition coefficient (Wildman–Crippen LogP) is 12.8. The van der Waals surface area contributed by atoms with Crippen LogP contribution in [0.15, 0.2) is 0 Å². The monoisotopic (exact) mass is 644 g/mol. The first-order chi connectivity index (χ1) is 21.1. The summed E-state index contributed by atoms with van der Waals surface area (Å²) in [5, 5.41) is 9.34. The number of rotatable bonds is 37. The average molecular weight is 644 g/mol. The summed E-state index contributed by atoms with van der Waals surface area (Å²) in [7, 11) is 0. The Labute approximate surface area is 281 Å². The van der Waals surface area contributed by atoms with Gasteiger partial charge < -0.3 is 10.0 Å². The quantitative estimate of drug-likeness (QED) is 0.0680. The lowest BCUT2D eigenvalue weighted by Crippen LogP contribution is -2.27. The van der Waals surface area contributed by atoms with Crippen LogP contribution in [0.5, 0.6) is 0 Å². The molecule has 0 aliphatic carbocycles. The van der Waals surface area contributed by atoms with Gasteiger partial charge in [0, 0.05) is 13.2 Å². The minimum atomic E-state index is 0.336. The van der Waals surface area contributed by atoms with Crippen molar-refractivity contribution >= 4 is 23.5 Å². The van der Waals surface area contributed by atoms with Crippen LogP contribution in [0.3, 0.4) is 0 Å². The van der Waals surface area contributed by atoms with E-state index in [1.54, 1.807) is 0 Å². The first-order valence-corrected chi connectivity index (χ1v) is 21.9. The zero-order chi connectivity index (χ0) is 31.5. The lowest BCUT2D eigenvalue weighted by molar-refractivity contribution is 0.217. The van der Waals surface area contributed by atoms with Gasteiger partial charge in [0.1, 0.15) is 0 Å². The average Bonchev–Trinajstić information content (AvgIpc) is 3.01. The molecule has 0 fully saturated rings. The highest BCUT2D eigenvalue weighted by molar-refractivity contribution is 7.99. The van der Waals surface area contributed by atoms with E-state index >= 15 is 0 Å². The Kier molecular flexibility index (Phi) is 37.6. The van der Waals surface area contributed by atoms with E-state index in [4.69, 9.17) is 0 Å². The van der Waals surface area contributed by atoms with Gasteiger partial charge in [0.2, 0.25) is 0 Å². The fraction of sp³-hybridized carbons (Fsp3) is 1.00. The fourth-order valence-electron chi connectivity index (χ4n) is 6.05. The van der Waals surface area contributed by atoms with Crippen LogP contribution in [0.4, 0.5) is 0 Å². The molecule has 0 saturated heterocycles. The van der Waals surface area contributed by atoms with Crippen molar-refractivity contribution in [1.82, 2.24) is 4.90 Å². The van der Waals surface area contributed by atoms with E-state index in [1.165, 1.54) is 190 Å². The Bertz CT molecular complexity index is 466. The van der Waals surface area contributed by atoms with Gasteiger partial charge in [0.15, 0.2) is 0 Å². The minimum absolute atomic E-state index is 0.336. The Morgan fingerprint density at radius 1 is 0.442 bits per heavy atom. The molecule has 1 N–H and O–H groups in total. The van der Waals surface area contributed by atoms with Gasteiger partial charge in [-0.2, -0.15) is 23.5 Å². The van der Waals surface area contributed by atoms with Crippen LogP contribution < -0.4 is 0 Å². The van der Waals surface area contributed by atoms with Crippen LogP contribution in [0.25, 0.3) is 0 Å². The molecule has 0 radical (unpaired) electrons. The second kappa shape index (κ2) is 37.1. The van der Waals surface area contributed by atoms with Gasteiger partial charge in [-0.3, -0.25) is 0 Å². The van der Waals surface area contributed by atoms with E-state index in [0.29, 0.717) is 6.61 Å². The molecule has 0 aromatic rings. The molecule has 43 heavy (non-hydrogen) atoms. The fourth-order valence-corrected chi connectivity index (χ4v) is 8.34. The Morgan fingerprint density at radius 3 is 1.19 bits per heavy atom. The lowest BCUT2D eigenvalue weighted by Gasteiger charge is -2.22. The summed E-state index contributed by atoms with van der Waals surface area (Å²) in [6.07, 6.45) is 34.8. The molecule has 0 amide bonds. The molecule has 0 rings (SSSR count). The summed E-state index contributed by atoms with van der Waals surface area (Å²) in [4.78, 5) is 2.64. The molecular formula is C39H81NOS2. The SMILES string of the molecule is CCCCCCC(C)CSCCCCCCCCCN(CCCO)CCCCCCCCCSCC(C)CCCCCC. The van der Waals surface area contributed by atoms with Crippen molar-refractivity contribution in [2.24, 2.45) is 11.8 Å². The maximum absolute atomic E-state index is 9.34. The molecule has 2 atom stereocenters. The molecule has 0 aliphatic rings. The molecule has 0 aliphatic heterocycles. The minimum Gasteiger partial charge on any atom is -0.396 e. The van der Waals surface area contributed by atoms with Crippen LogP contribution in [0, 0.1) is 11.8 Å². The van der Waals surface area contributed by atoms with Gasteiger partial charge in [-0.25, -0.2) is 0 Å². The van der Waals surface area contributed by atoms with Gasteiger partial charge in [-0.05, 0) is 92.9 Å². The second-order valence-electron chi connectivity index (χ2n) is 13.9. The molecule has 0 aromatic heterocycles. The largest absolute Gasteiger partial charge is 0.396 e. The Hall–Kier alpha value is 0.620. The zero-order valence-corrected chi connectivity index (χ0v) is 31.8. The molecule has 0 spiro atoms. The molecule has 0 bridgehead atoms. The van der Waals surface area contributed by atoms with E-state index in [2.05, 4.69) is 56.1 Å². The summed E-state index contributed by atoms with van der Waals surface area (Å²) in [6.45, 7) is 13.4. The van der Waals surface area contributed by atoms with Crippen molar-refractivity contribution in [3.63, 3.8) is 0 Å². The molecule has 0 saturated carbocycles. The lowest BCUT2D eigenvalue weighted by atomic mass is 10.0. The predicted molar refractivity (Wildman–Crippen MR) is 203 cm³/mol. The molecule has 260 valence electrons. The first-order valence-electron chi connectivity index (χ1n) is 19.6. The van der Waals surface area contributed by atoms with Gasteiger partial charge in [0.05, 0.1) is 0 Å². The second-order valence-corrected chi connectivity index (χ2v) is 16.2. The van der Waals surface area contributed by atoms with Crippen molar-refractivity contribution in [2.75, 3.05) is 49.3 Å². The molecule has 2 nitrogen and oxygen atoms in total. The van der Waals surface area contributed by atoms with E-state index in [-0.39, 0.29) is 0 Å². The van der Waals surface area contributed by atoms with E-state index < -0.39 is 0 Å². The number of thioether (sulfide) groups is 2. The van der Waals surface area contributed by atoms with E-state index in [1.807, 2.05) is 0 Å². The van der Waals surface area contributed by atoms with Gasteiger partial charge in [-0.1, -0.05) is 143 Å². The number of hydrogen-bond acceptors (Lipinski definition) is 4. The number of hydrogen-bond donors (Lipinski definition) is 1. The van der Waals surface area contributed by atoms with Gasteiger partial charge in [0.25, 0.3) is 0 Å². The van der Waals surface area contributed by atoms with Gasteiger partial charge >= 0.3 is 0 Å². The highest BCUT2D eigenvalue weighted by Gasteiger charge is 2.06. The number of aliphatic hydroxyl groups excluding tert-OH is 1. The third-order valence-corrected chi connectivity index (χ3v) is 11.8. The normalized spacial score (nSPS) is 13.3. The van der Waals surface area contributed by atoms with Crippen molar-refractivity contribution in [3.8, 4) is 0 Å². The van der Waals surface area contributed by atoms with Crippen molar-refractivity contribution in [1.29, 1.82) is 0 Å². The van der Waals surface area contributed by atoms with Crippen LogP contribution >= 0.6 is 23.5 Å². The van der Waals surface area contributed by atoms with Crippen LogP contribution in [0.1, 0.15) is 188 Å². The van der Waals surface area contributed by atoms with Crippen molar-refractivity contribution < 1.29 is 5.11 Å². The summed E-state index contributed by atoms with van der Waals surface area (Å²) >= 11 is 4.40. The van der Waals surface area contributed by atoms with Crippen molar-refractivity contribution in [2.45, 2.75) is 188 Å². The maximum Gasteiger partial charge on any atom is 0.0443 e. The van der Waals surface area contributed by atoms with E-state index in [0.717, 1.165) is 24.8 Å². The first kappa shape index (κ1) is 43.6. The highest BCUT2D eigenvalue weighted by atomic mass is 32.2. The van der Waals surface area contributed by atoms with Crippen LogP contribution in [0.2, 0.25) is 0 Å². The Morgan fingerprint density at radius 2 is 0.791 bits per heavy atom. The summed E-state index contributed by atoms with van der Waals surface area (Å²) < 4.78 is 0. The maximum atomic E-state index is 9.34. The molecule has 2 unspecified atom stereocenters.